The molecule has 0 fully saturated rings. The fourth-order valence-electron chi connectivity index (χ4n) is 4.64. The van der Waals surface area contributed by atoms with E-state index < -0.39 is 34.1 Å². The number of hydrogen-bond acceptors (Lipinski definition) is 6. The molecule has 3 atom stereocenters. The van der Waals surface area contributed by atoms with Crippen molar-refractivity contribution in [1.82, 2.24) is 15.0 Å². The van der Waals surface area contributed by atoms with Gasteiger partial charge in [-0.15, -0.1) is 0 Å². The highest BCUT2D eigenvalue weighted by atomic mass is 32.2. The topological polar surface area (TPSA) is 125 Å². The first-order valence-corrected chi connectivity index (χ1v) is 14.2. The number of sulfonamides is 1. The van der Waals surface area contributed by atoms with Crippen LogP contribution in [0.3, 0.4) is 0 Å². The fraction of sp³-hybridized carbons (Fsp3) is 0.345. The molecular formula is C29H33N3O5S. The summed E-state index contributed by atoms with van der Waals surface area (Å²) in [5, 5.41) is 14.6. The van der Waals surface area contributed by atoms with Gasteiger partial charge in [-0.1, -0.05) is 76.2 Å². The number of para-hydroxylation sites is 1. The van der Waals surface area contributed by atoms with Gasteiger partial charge in [-0.25, -0.2) is 8.42 Å². The normalized spacial score (nSPS) is 14.7. The van der Waals surface area contributed by atoms with E-state index in [9.17, 15) is 23.1 Å². The zero-order chi connectivity index (χ0) is 27.6. The number of rotatable bonds is 11. The van der Waals surface area contributed by atoms with Crippen LogP contribution in [0.4, 0.5) is 0 Å². The minimum absolute atomic E-state index is 0.00100. The molecule has 0 aliphatic rings. The minimum Gasteiger partial charge on any atom is -0.386 e. The summed E-state index contributed by atoms with van der Waals surface area (Å²) in [5.41, 5.74) is 1.54. The lowest BCUT2D eigenvalue weighted by molar-refractivity contribution is -0.125. The highest BCUT2D eigenvalue weighted by molar-refractivity contribution is 7.89. The molecule has 0 radical (unpaired) electrons. The van der Waals surface area contributed by atoms with Gasteiger partial charge in [0.15, 0.2) is 5.43 Å². The molecule has 38 heavy (non-hydrogen) atoms. The molecule has 1 heterocycles. The lowest BCUT2D eigenvalue weighted by Gasteiger charge is -2.29. The maximum Gasteiger partial charge on any atom is 0.243 e. The molecule has 0 saturated carbocycles. The van der Waals surface area contributed by atoms with E-state index in [0.29, 0.717) is 16.5 Å². The Balaban J connectivity index is 1.58. The first kappa shape index (κ1) is 27.6. The number of carbonyl (C=O) groups is 1. The van der Waals surface area contributed by atoms with Gasteiger partial charge in [-0.2, -0.15) is 4.72 Å². The number of aromatic nitrogens is 1. The van der Waals surface area contributed by atoms with Gasteiger partial charge in [0.25, 0.3) is 0 Å². The molecular weight excluding hydrogens is 502 g/mol. The lowest BCUT2D eigenvalue weighted by Crippen LogP contribution is -2.52. The Morgan fingerprint density at radius 3 is 2.32 bits per heavy atom. The van der Waals surface area contributed by atoms with Gasteiger partial charge < -0.3 is 10.4 Å². The number of fused-ring (bicyclic) bond motifs is 1. The van der Waals surface area contributed by atoms with Crippen LogP contribution in [0, 0.1) is 11.8 Å². The lowest BCUT2D eigenvalue weighted by atomic mass is 9.95. The second-order valence-electron chi connectivity index (χ2n) is 10.3. The van der Waals surface area contributed by atoms with Crippen LogP contribution in [-0.4, -0.2) is 36.5 Å². The number of aliphatic hydroxyl groups excluding tert-OH is 1. The summed E-state index contributed by atoms with van der Waals surface area (Å²) in [7, 11) is -4.11. The first-order valence-electron chi connectivity index (χ1n) is 12.7. The smallest absolute Gasteiger partial charge is 0.243 e. The van der Waals surface area contributed by atoms with Gasteiger partial charge in [0, 0.05) is 22.7 Å². The number of pyridine rings is 1. The molecule has 4 rings (SSSR count). The quantitative estimate of drug-likeness (QED) is 0.269. The Morgan fingerprint density at radius 1 is 0.974 bits per heavy atom. The highest BCUT2D eigenvalue weighted by Gasteiger charge is 2.38. The van der Waals surface area contributed by atoms with Crippen LogP contribution >= 0.6 is 0 Å². The number of amides is 1. The molecule has 0 saturated heterocycles. The van der Waals surface area contributed by atoms with Gasteiger partial charge in [0.1, 0.15) is 17.0 Å². The summed E-state index contributed by atoms with van der Waals surface area (Å²) >= 11 is 0. The maximum absolute atomic E-state index is 13.5. The van der Waals surface area contributed by atoms with E-state index in [-0.39, 0.29) is 34.1 Å². The van der Waals surface area contributed by atoms with Crippen LogP contribution in [-0.2, 0) is 14.8 Å². The second-order valence-corrected chi connectivity index (χ2v) is 12.0. The largest absolute Gasteiger partial charge is 0.386 e. The van der Waals surface area contributed by atoms with Gasteiger partial charge in [0.05, 0.1) is 11.6 Å². The standard InChI is InChI=1S/C29H33N3O5S/c1-17(2)16-21(32-38(36,37)22-14-8-12-20-13-9-15-30-26(20)22)29(35)31-25(18(3)4)28(34)24-23(27(24)33)19-10-6-5-7-11-19/h5-15,17-18,21,25,28,32,34H,16H2,1-4H3,(H,31,35)/t21-,25-,28-/m0/s1. The van der Waals surface area contributed by atoms with Crippen molar-refractivity contribution in [3.8, 4) is 11.1 Å². The Bertz CT molecular complexity index is 1530. The molecule has 0 bridgehead atoms. The number of nitrogens with zero attached hydrogens (tertiary/aromatic N) is 1. The Labute approximate surface area is 222 Å². The number of aliphatic hydroxyl groups is 1. The van der Waals surface area contributed by atoms with E-state index in [1.165, 1.54) is 12.3 Å². The molecule has 9 heteroatoms. The van der Waals surface area contributed by atoms with Crippen LogP contribution in [0.1, 0.15) is 45.8 Å². The summed E-state index contributed by atoms with van der Waals surface area (Å²) in [6, 6.07) is 15.5. The van der Waals surface area contributed by atoms with Gasteiger partial charge >= 0.3 is 0 Å². The Kier molecular flexibility index (Phi) is 8.10. The van der Waals surface area contributed by atoms with Crippen molar-refractivity contribution < 1.29 is 18.3 Å². The van der Waals surface area contributed by atoms with Crippen LogP contribution in [0.5, 0.6) is 0 Å². The molecule has 1 aromatic heterocycles. The van der Waals surface area contributed by atoms with Crippen molar-refractivity contribution in [2.24, 2.45) is 11.8 Å². The summed E-state index contributed by atoms with van der Waals surface area (Å²) in [6.45, 7) is 7.44. The number of benzene rings is 2. The minimum atomic E-state index is -4.11. The van der Waals surface area contributed by atoms with Crippen molar-refractivity contribution in [2.45, 2.75) is 57.2 Å². The van der Waals surface area contributed by atoms with Crippen LogP contribution in [0.25, 0.3) is 22.0 Å². The second kappa shape index (κ2) is 11.1. The number of carbonyl (C=O) groups excluding carboxylic acids is 1. The van der Waals surface area contributed by atoms with Gasteiger partial charge in [-0.3, -0.25) is 14.6 Å². The van der Waals surface area contributed by atoms with E-state index in [1.54, 1.807) is 36.4 Å². The zero-order valence-electron chi connectivity index (χ0n) is 21.9. The fourth-order valence-corrected chi connectivity index (χ4v) is 6.02. The molecule has 200 valence electrons. The van der Waals surface area contributed by atoms with E-state index in [4.69, 9.17) is 0 Å². The van der Waals surface area contributed by atoms with E-state index >= 15 is 0 Å². The highest BCUT2D eigenvalue weighted by Crippen LogP contribution is 2.33. The molecule has 4 aromatic rings. The summed E-state index contributed by atoms with van der Waals surface area (Å²) in [5.74, 6) is -0.799. The van der Waals surface area contributed by atoms with Crippen LogP contribution in [0.2, 0.25) is 0 Å². The average Bonchev–Trinajstić information content (AvgIpc) is 3.56. The number of nitrogens with one attached hydrogen (secondary N) is 2. The Morgan fingerprint density at radius 2 is 1.66 bits per heavy atom. The number of hydrogen-bond donors (Lipinski definition) is 3. The van der Waals surface area contributed by atoms with Gasteiger partial charge in [0.2, 0.25) is 15.9 Å². The van der Waals surface area contributed by atoms with E-state index in [1.807, 2.05) is 45.9 Å². The van der Waals surface area contributed by atoms with Crippen molar-refractivity contribution in [3.05, 3.63) is 82.6 Å². The van der Waals surface area contributed by atoms with Crippen molar-refractivity contribution in [1.29, 1.82) is 0 Å². The SMILES string of the molecule is CC(C)C[C@H](NS(=O)(=O)c1cccc2cccnc12)C(=O)N[C@@H](C(C)C)[C@@H](O)c1c(-c2ccccc2)c1=O. The molecule has 3 aromatic carbocycles. The monoisotopic (exact) mass is 535 g/mol. The van der Waals surface area contributed by atoms with Gasteiger partial charge in [-0.05, 0) is 36.0 Å². The summed E-state index contributed by atoms with van der Waals surface area (Å²) in [6.07, 6.45) is 0.535. The maximum atomic E-state index is 13.5. The predicted molar refractivity (Wildman–Crippen MR) is 148 cm³/mol. The Hall–Kier alpha value is -3.40. The van der Waals surface area contributed by atoms with Crippen molar-refractivity contribution >= 4 is 26.8 Å². The summed E-state index contributed by atoms with van der Waals surface area (Å²) < 4.78 is 29.4. The molecule has 0 unspecified atom stereocenters. The summed E-state index contributed by atoms with van der Waals surface area (Å²) in [4.78, 5) is 30.3. The third kappa shape index (κ3) is 5.85. The molecule has 0 aliphatic carbocycles. The van der Waals surface area contributed by atoms with E-state index in [0.717, 1.165) is 5.56 Å². The third-order valence-electron chi connectivity index (χ3n) is 6.61. The molecule has 0 spiro atoms. The van der Waals surface area contributed by atoms with E-state index in [2.05, 4.69) is 15.0 Å². The van der Waals surface area contributed by atoms with Crippen molar-refractivity contribution in [3.63, 3.8) is 0 Å². The van der Waals surface area contributed by atoms with Crippen LogP contribution in [0.15, 0.2) is 76.6 Å². The molecule has 0 aliphatic heterocycles. The average molecular weight is 536 g/mol. The molecule has 3 N–H and O–H groups in total. The first-order chi connectivity index (χ1) is 18.0. The zero-order valence-corrected chi connectivity index (χ0v) is 22.7. The third-order valence-corrected chi connectivity index (χ3v) is 8.11. The molecule has 8 nitrogen and oxygen atoms in total. The van der Waals surface area contributed by atoms with Crippen LogP contribution < -0.4 is 15.5 Å². The van der Waals surface area contributed by atoms with Crippen molar-refractivity contribution in [2.75, 3.05) is 0 Å². The predicted octanol–water partition coefficient (Wildman–Crippen LogP) is 3.71. The molecule has 1 amide bonds.